The molecule has 10 heteroatoms. The van der Waals surface area contributed by atoms with E-state index in [-0.39, 0.29) is 11.0 Å². The third-order valence-corrected chi connectivity index (χ3v) is 2.76. The number of aromatic nitrogens is 4. The second kappa shape index (κ2) is 5.36. The topological polar surface area (TPSA) is 89.6 Å². The quantitative estimate of drug-likeness (QED) is 0.505. The van der Waals surface area contributed by atoms with Crippen LogP contribution in [-0.2, 0) is 6.18 Å². The van der Waals surface area contributed by atoms with Crippen molar-refractivity contribution >= 4 is 17.7 Å². The molecule has 0 bridgehead atoms. The summed E-state index contributed by atoms with van der Waals surface area (Å²) in [4.78, 5) is 14.7. The fraction of sp³-hybridized carbons (Fsp3) is 0.111. The first-order valence-electron chi connectivity index (χ1n) is 4.86. The molecule has 3 N–H and O–H groups in total. The summed E-state index contributed by atoms with van der Waals surface area (Å²) in [6.45, 7) is 0. The molecule has 0 unspecified atom stereocenters. The first kappa shape index (κ1) is 13.5. The van der Waals surface area contributed by atoms with Crippen LogP contribution in [-0.4, -0.2) is 19.9 Å². The van der Waals surface area contributed by atoms with Crippen LogP contribution >= 0.6 is 11.8 Å². The van der Waals surface area contributed by atoms with Gasteiger partial charge in [0, 0.05) is 12.3 Å². The Labute approximate surface area is 109 Å². The van der Waals surface area contributed by atoms with Crippen LogP contribution in [0.4, 0.5) is 19.1 Å². The summed E-state index contributed by atoms with van der Waals surface area (Å²) in [7, 11) is 0. The van der Waals surface area contributed by atoms with Gasteiger partial charge >= 0.3 is 6.18 Å². The van der Waals surface area contributed by atoms with Crippen LogP contribution in [0.15, 0.2) is 34.7 Å². The van der Waals surface area contributed by atoms with Gasteiger partial charge in [0.2, 0.25) is 5.95 Å². The average Bonchev–Trinajstić information content (AvgIpc) is 2.38. The van der Waals surface area contributed by atoms with Crippen molar-refractivity contribution in [2.75, 3.05) is 5.43 Å². The number of nitrogens with zero attached hydrogens (tertiary/aromatic N) is 4. The Balaban J connectivity index is 2.35. The predicted octanol–water partition coefficient (Wildman–Crippen LogP) is 1.72. The van der Waals surface area contributed by atoms with E-state index in [0.717, 1.165) is 17.8 Å². The molecule has 19 heavy (non-hydrogen) atoms. The molecule has 0 aliphatic heterocycles. The van der Waals surface area contributed by atoms with Gasteiger partial charge in [0.05, 0.1) is 0 Å². The number of nitrogens with one attached hydrogen (secondary N) is 1. The molecule has 100 valence electrons. The predicted molar refractivity (Wildman–Crippen MR) is 61.0 cm³/mol. The monoisotopic (exact) mass is 288 g/mol. The third-order valence-electron chi connectivity index (χ3n) is 1.89. The molecule has 0 atom stereocenters. The summed E-state index contributed by atoms with van der Waals surface area (Å²) < 4.78 is 37.9. The van der Waals surface area contributed by atoms with Gasteiger partial charge in [0.1, 0.15) is 16.4 Å². The van der Waals surface area contributed by atoms with E-state index in [9.17, 15) is 13.2 Å². The number of anilines is 1. The lowest BCUT2D eigenvalue weighted by Gasteiger charge is -2.09. The third kappa shape index (κ3) is 3.51. The summed E-state index contributed by atoms with van der Waals surface area (Å²) in [6.07, 6.45) is -1.81. The fourth-order valence-electron chi connectivity index (χ4n) is 1.13. The van der Waals surface area contributed by atoms with E-state index in [1.807, 2.05) is 5.43 Å². The van der Waals surface area contributed by atoms with Crippen molar-refractivity contribution in [3.8, 4) is 0 Å². The Morgan fingerprint density at radius 3 is 2.58 bits per heavy atom. The van der Waals surface area contributed by atoms with Gasteiger partial charge in [-0.05, 0) is 17.8 Å². The minimum Gasteiger partial charge on any atom is -0.292 e. The molecule has 0 amide bonds. The molecule has 0 spiro atoms. The zero-order chi connectivity index (χ0) is 13.9. The molecule has 0 saturated heterocycles. The minimum atomic E-state index is -4.57. The summed E-state index contributed by atoms with van der Waals surface area (Å²) in [5.41, 5.74) is 0.920. The van der Waals surface area contributed by atoms with Crippen molar-refractivity contribution in [3.63, 3.8) is 0 Å². The molecule has 0 aliphatic carbocycles. The number of nitrogens with two attached hydrogens (primary N) is 1. The number of halogens is 3. The molecule has 0 radical (unpaired) electrons. The molecular formula is C9H7F3N6S. The summed E-state index contributed by atoms with van der Waals surface area (Å²) in [5.74, 6) is 4.73. The molecule has 0 fully saturated rings. The van der Waals surface area contributed by atoms with Crippen LogP contribution in [0.3, 0.4) is 0 Å². The minimum absolute atomic E-state index is 0.0778. The molecule has 6 nitrogen and oxygen atoms in total. The number of hydrazine groups is 1. The van der Waals surface area contributed by atoms with Crippen molar-refractivity contribution < 1.29 is 13.2 Å². The van der Waals surface area contributed by atoms with E-state index in [1.54, 1.807) is 6.07 Å². The number of rotatable bonds is 3. The Kier molecular flexibility index (Phi) is 3.81. The van der Waals surface area contributed by atoms with Crippen molar-refractivity contribution in [2.45, 2.75) is 16.2 Å². The van der Waals surface area contributed by atoms with Crippen LogP contribution < -0.4 is 11.3 Å². The molecule has 2 aromatic rings. The first-order valence-corrected chi connectivity index (χ1v) is 5.67. The van der Waals surface area contributed by atoms with E-state index in [1.165, 1.54) is 12.5 Å². The van der Waals surface area contributed by atoms with E-state index in [0.29, 0.717) is 5.03 Å². The summed E-state index contributed by atoms with van der Waals surface area (Å²) in [5, 5.41) is 0.541. The van der Waals surface area contributed by atoms with Gasteiger partial charge in [0.25, 0.3) is 0 Å². The summed E-state index contributed by atoms with van der Waals surface area (Å²) >= 11 is 0.950. The fourth-order valence-corrected chi connectivity index (χ4v) is 1.88. The van der Waals surface area contributed by atoms with Crippen LogP contribution in [0.25, 0.3) is 0 Å². The van der Waals surface area contributed by atoms with Crippen molar-refractivity contribution in [2.24, 2.45) is 5.84 Å². The standard InChI is InChI=1S/C9H7F3N6S/c10-9(11,12)5-3-7(17-8(16-5)18-13)19-6-1-2-14-4-15-6/h1-4H,13H2,(H,16,17,18). The number of alkyl halides is 3. The molecule has 2 heterocycles. The van der Waals surface area contributed by atoms with Crippen LogP contribution in [0, 0.1) is 0 Å². The molecule has 0 aromatic carbocycles. The average molecular weight is 288 g/mol. The van der Waals surface area contributed by atoms with Gasteiger partial charge in [-0.2, -0.15) is 13.2 Å². The second-order valence-corrected chi connectivity index (χ2v) is 4.25. The Morgan fingerprint density at radius 1 is 1.21 bits per heavy atom. The maximum absolute atomic E-state index is 12.6. The smallest absolute Gasteiger partial charge is 0.292 e. The van der Waals surface area contributed by atoms with E-state index < -0.39 is 11.9 Å². The van der Waals surface area contributed by atoms with Gasteiger partial charge in [-0.25, -0.2) is 25.8 Å². The Morgan fingerprint density at radius 2 is 2.00 bits per heavy atom. The lowest BCUT2D eigenvalue weighted by atomic mass is 10.4. The van der Waals surface area contributed by atoms with Gasteiger partial charge in [-0.15, -0.1) is 0 Å². The highest BCUT2D eigenvalue weighted by molar-refractivity contribution is 7.99. The largest absolute Gasteiger partial charge is 0.433 e. The van der Waals surface area contributed by atoms with Gasteiger partial charge in [-0.3, -0.25) is 5.43 Å². The van der Waals surface area contributed by atoms with Crippen molar-refractivity contribution in [1.82, 2.24) is 19.9 Å². The molecule has 2 aromatic heterocycles. The Hall–Kier alpha value is -1.94. The maximum Gasteiger partial charge on any atom is 0.433 e. The normalized spacial score (nSPS) is 11.4. The van der Waals surface area contributed by atoms with Crippen LogP contribution in [0.5, 0.6) is 0 Å². The lowest BCUT2D eigenvalue weighted by molar-refractivity contribution is -0.141. The van der Waals surface area contributed by atoms with Crippen LogP contribution in [0.2, 0.25) is 0 Å². The summed E-state index contributed by atoms with van der Waals surface area (Å²) in [6, 6.07) is 2.38. The van der Waals surface area contributed by atoms with Gasteiger partial charge in [-0.1, -0.05) is 0 Å². The molecular weight excluding hydrogens is 281 g/mol. The van der Waals surface area contributed by atoms with E-state index >= 15 is 0 Å². The SMILES string of the molecule is NNc1nc(Sc2ccncn2)cc(C(F)(F)F)n1. The maximum atomic E-state index is 12.6. The van der Waals surface area contributed by atoms with Gasteiger partial charge in [0.15, 0.2) is 5.69 Å². The highest BCUT2D eigenvalue weighted by Gasteiger charge is 2.33. The second-order valence-electron chi connectivity index (χ2n) is 3.21. The van der Waals surface area contributed by atoms with Crippen molar-refractivity contribution in [3.05, 3.63) is 30.4 Å². The van der Waals surface area contributed by atoms with E-state index in [2.05, 4.69) is 19.9 Å². The van der Waals surface area contributed by atoms with Crippen LogP contribution in [0.1, 0.15) is 5.69 Å². The molecule has 0 aliphatic rings. The zero-order valence-corrected chi connectivity index (χ0v) is 10.0. The zero-order valence-electron chi connectivity index (χ0n) is 9.22. The van der Waals surface area contributed by atoms with Gasteiger partial charge < -0.3 is 0 Å². The highest BCUT2D eigenvalue weighted by atomic mass is 32.2. The number of nitrogen functional groups attached to an aromatic ring is 1. The Bertz CT molecular complexity index is 562. The van der Waals surface area contributed by atoms with Crippen molar-refractivity contribution in [1.29, 1.82) is 0 Å². The van der Waals surface area contributed by atoms with E-state index in [4.69, 9.17) is 5.84 Å². The number of hydrogen-bond donors (Lipinski definition) is 2. The molecule has 0 saturated carbocycles. The number of hydrogen-bond acceptors (Lipinski definition) is 7. The first-order chi connectivity index (χ1) is 8.99. The molecule has 2 rings (SSSR count). The highest BCUT2D eigenvalue weighted by Crippen LogP contribution is 2.32. The lowest BCUT2D eigenvalue weighted by Crippen LogP contribution is -2.15.